The highest BCUT2D eigenvalue weighted by molar-refractivity contribution is 7.16. The van der Waals surface area contributed by atoms with E-state index in [1.54, 1.807) is 11.3 Å². The molecule has 0 saturated carbocycles. The molecular weight excluding hydrogens is 437 g/mol. The molecule has 1 amide bonds. The maximum Gasteiger partial charge on any atom is 0.490 e. The van der Waals surface area contributed by atoms with Crippen molar-refractivity contribution in [1.29, 1.82) is 0 Å². The molecule has 2 aromatic heterocycles. The fourth-order valence-corrected chi connectivity index (χ4v) is 5.70. The van der Waals surface area contributed by atoms with Gasteiger partial charge in [0.1, 0.15) is 0 Å². The number of halogens is 3. The van der Waals surface area contributed by atoms with Gasteiger partial charge in [-0.2, -0.15) is 13.2 Å². The first-order valence-corrected chi connectivity index (χ1v) is 11.1. The summed E-state index contributed by atoms with van der Waals surface area (Å²) in [5.74, 6) is -2.45. The number of aryl methyl sites for hydroxylation is 2. The van der Waals surface area contributed by atoms with E-state index >= 15 is 0 Å². The lowest BCUT2D eigenvalue weighted by atomic mass is 9.86. The minimum absolute atomic E-state index is 0.168. The smallest absolute Gasteiger partial charge is 0.475 e. The monoisotopic (exact) mass is 460 g/mol. The van der Waals surface area contributed by atoms with Gasteiger partial charge in [-0.05, 0) is 51.1 Å². The molecule has 1 unspecified atom stereocenters. The van der Waals surface area contributed by atoms with E-state index in [-0.39, 0.29) is 5.41 Å². The van der Waals surface area contributed by atoms with Crippen LogP contribution in [-0.4, -0.2) is 47.7 Å². The molecule has 0 bridgehead atoms. The SMILES string of the molecule is Cc1ccc(CN2CCC3(CC(=O)N(c4ccc(C)s4)C3)C2)s1.O=C(O)C(F)(F)F. The number of alkyl halides is 3. The largest absolute Gasteiger partial charge is 0.490 e. The molecular formula is C20H23F3N2O3S2. The molecule has 0 aromatic carbocycles. The fourth-order valence-electron chi connectivity index (χ4n) is 3.89. The van der Waals surface area contributed by atoms with Crippen molar-refractivity contribution in [3.8, 4) is 0 Å². The van der Waals surface area contributed by atoms with Crippen molar-refractivity contribution in [1.82, 2.24) is 4.90 Å². The summed E-state index contributed by atoms with van der Waals surface area (Å²) in [6.07, 6.45) is -3.23. The van der Waals surface area contributed by atoms with Gasteiger partial charge in [-0.3, -0.25) is 9.69 Å². The molecule has 4 rings (SSSR count). The molecule has 2 aliphatic rings. The number of likely N-dealkylation sites (tertiary alicyclic amines) is 1. The van der Waals surface area contributed by atoms with E-state index in [1.165, 1.54) is 14.6 Å². The van der Waals surface area contributed by atoms with Gasteiger partial charge in [-0.15, -0.1) is 22.7 Å². The highest BCUT2D eigenvalue weighted by atomic mass is 32.1. The summed E-state index contributed by atoms with van der Waals surface area (Å²) in [5.41, 5.74) is 0.168. The molecule has 2 fully saturated rings. The Morgan fingerprint density at radius 1 is 1.13 bits per heavy atom. The van der Waals surface area contributed by atoms with E-state index in [0.717, 1.165) is 37.6 Å². The molecule has 0 aliphatic carbocycles. The molecule has 5 nitrogen and oxygen atoms in total. The van der Waals surface area contributed by atoms with Crippen LogP contribution in [0.5, 0.6) is 0 Å². The van der Waals surface area contributed by atoms with Gasteiger partial charge in [0.05, 0.1) is 5.00 Å². The molecule has 0 radical (unpaired) electrons. The zero-order valence-corrected chi connectivity index (χ0v) is 18.3. The maximum absolute atomic E-state index is 12.5. The van der Waals surface area contributed by atoms with Crippen LogP contribution in [0, 0.1) is 19.3 Å². The van der Waals surface area contributed by atoms with E-state index in [0.29, 0.717) is 12.3 Å². The van der Waals surface area contributed by atoms with Crippen LogP contribution in [-0.2, 0) is 16.1 Å². The van der Waals surface area contributed by atoms with E-state index in [4.69, 9.17) is 9.90 Å². The Hall–Kier alpha value is -1.91. The second kappa shape index (κ2) is 8.68. The molecule has 10 heteroatoms. The second-order valence-corrected chi connectivity index (χ2v) is 10.5. The molecule has 164 valence electrons. The third-order valence-corrected chi connectivity index (χ3v) is 7.26. The number of carbonyl (C=O) groups is 2. The van der Waals surface area contributed by atoms with Crippen LogP contribution in [0.3, 0.4) is 0 Å². The molecule has 4 heterocycles. The third-order valence-electron chi connectivity index (χ3n) is 5.25. The molecule has 1 N–H and O–H groups in total. The standard InChI is InChI=1S/C18H22N2OS2.C2HF3O2/c1-13-3-5-15(22-13)10-19-8-7-18(11-19)9-16(21)20(12-18)17-6-4-14(2)23-17;3-2(4,5)1(6)7/h3-6H,7-12H2,1-2H3;(H,6,7). The van der Waals surface area contributed by atoms with Crippen molar-refractivity contribution >= 4 is 39.6 Å². The molecule has 2 aromatic rings. The summed E-state index contributed by atoms with van der Waals surface area (Å²) in [5, 5.41) is 8.25. The summed E-state index contributed by atoms with van der Waals surface area (Å²) in [6, 6.07) is 8.65. The van der Waals surface area contributed by atoms with Gasteiger partial charge in [0, 0.05) is 46.1 Å². The Kier molecular flexibility index (Phi) is 6.59. The van der Waals surface area contributed by atoms with Gasteiger partial charge in [0.15, 0.2) is 0 Å². The Labute approximate surface area is 180 Å². The van der Waals surface area contributed by atoms with Gasteiger partial charge in [0.2, 0.25) is 5.91 Å². The van der Waals surface area contributed by atoms with Crippen molar-refractivity contribution < 1.29 is 27.9 Å². The Bertz CT molecular complexity index is 925. The van der Waals surface area contributed by atoms with Crippen molar-refractivity contribution in [2.75, 3.05) is 24.5 Å². The van der Waals surface area contributed by atoms with E-state index in [1.807, 2.05) is 16.2 Å². The lowest BCUT2D eigenvalue weighted by molar-refractivity contribution is -0.192. The number of hydrogen-bond acceptors (Lipinski definition) is 5. The highest BCUT2D eigenvalue weighted by Crippen LogP contribution is 2.43. The van der Waals surface area contributed by atoms with Crippen LogP contribution >= 0.6 is 22.7 Å². The number of amides is 1. The number of aliphatic carboxylic acids is 1. The molecule has 1 atom stereocenters. The lowest BCUT2D eigenvalue weighted by Gasteiger charge is -2.23. The van der Waals surface area contributed by atoms with E-state index in [9.17, 15) is 18.0 Å². The van der Waals surface area contributed by atoms with Gasteiger partial charge >= 0.3 is 12.1 Å². The number of thiophene rings is 2. The van der Waals surface area contributed by atoms with Crippen LogP contribution in [0.25, 0.3) is 0 Å². The van der Waals surface area contributed by atoms with Gasteiger partial charge < -0.3 is 10.0 Å². The van der Waals surface area contributed by atoms with E-state index in [2.05, 4.69) is 43.0 Å². The van der Waals surface area contributed by atoms with Gasteiger partial charge in [-0.25, -0.2) is 4.79 Å². The normalized spacial score (nSPS) is 21.9. The van der Waals surface area contributed by atoms with Crippen molar-refractivity contribution in [2.45, 2.75) is 39.4 Å². The van der Waals surface area contributed by atoms with Gasteiger partial charge in [-0.1, -0.05) is 0 Å². The first-order valence-electron chi connectivity index (χ1n) is 9.42. The molecule has 2 saturated heterocycles. The second-order valence-electron chi connectivity index (χ2n) is 7.82. The highest BCUT2D eigenvalue weighted by Gasteiger charge is 2.48. The maximum atomic E-state index is 12.5. The fraction of sp³-hybridized carbons (Fsp3) is 0.500. The number of nitrogens with zero attached hydrogens (tertiary/aromatic N) is 2. The summed E-state index contributed by atoms with van der Waals surface area (Å²) >= 11 is 3.62. The summed E-state index contributed by atoms with van der Waals surface area (Å²) in [6.45, 7) is 8.36. The summed E-state index contributed by atoms with van der Waals surface area (Å²) < 4.78 is 31.7. The van der Waals surface area contributed by atoms with Crippen molar-refractivity contribution in [3.63, 3.8) is 0 Å². The number of anilines is 1. The number of hydrogen-bond donors (Lipinski definition) is 1. The first-order chi connectivity index (χ1) is 14.0. The van der Waals surface area contributed by atoms with Crippen molar-refractivity contribution in [2.24, 2.45) is 5.41 Å². The Balaban J connectivity index is 0.000000318. The minimum Gasteiger partial charge on any atom is -0.475 e. The number of carboxylic acid groups (broad SMARTS) is 1. The van der Waals surface area contributed by atoms with Crippen LogP contribution in [0.15, 0.2) is 24.3 Å². The summed E-state index contributed by atoms with van der Waals surface area (Å²) in [4.78, 5) is 30.1. The predicted molar refractivity (Wildman–Crippen MR) is 111 cm³/mol. The Morgan fingerprint density at radius 2 is 1.77 bits per heavy atom. The summed E-state index contributed by atoms with van der Waals surface area (Å²) in [7, 11) is 0. The van der Waals surface area contributed by atoms with Crippen molar-refractivity contribution in [3.05, 3.63) is 38.9 Å². The minimum atomic E-state index is -5.08. The van der Waals surface area contributed by atoms with E-state index < -0.39 is 12.1 Å². The predicted octanol–water partition coefficient (Wildman–Crippen LogP) is 4.69. The Morgan fingerprint density at radius 3 is 2.30 bits per heavy atom. The van der Waals surface area contributed by atoms with Gasteiger partial charge in [0.25, 0.3) is 0 Å². The number of carbonyl (C=O) groups excluding carboxylic acids is 1. The number of carboxylic acids is 1. The zero-order valence-electron chi connectivity index (χ0n) is 16.7. The average Bonchev–Trinajstić information content (AvgIpc) is 3.39. The zero-order chi connectivity index (χ0) is 22.1. The van der Waals surface area contributed by atoms with Crippen LogP contribution < -0.4 is 4.90 Å². The van der Waals surface area contributed by atoms with Crippen LogP contribution in [0.2, 0.25) is 0 Å². The first kappa shape index (κ1) is 22.8. The lowest BCUT2D eigenvalue weighted by Crippen LogP contribution is -2.30. The molecule has 2 aliphatic heterocycles. The topological polar surface area (TPSA) is 60.9 Å². The molecule has 30 heavy (non-hydrogen) atoms. The average molecular weight is 461 g/mol. The number of rotatable bonds is 3. The third kappa shape index (κ3) is 5.41. The van der Waals surface area contributed by atoms with Crippen LogP contribution in [0.1, 0.15) is 27.5 Å². The quantitative estimate of drug-likeness (QED) is 0.722. The van der Waals surface area contributed by atoms with Crippen LogP contribution in [0.4, 0.5) is 18.2 Å². The molecule has 1 spiro atoms.